The fourth-order valence-electron chi connectivity index (χ4n) is 4.08. The Morgan fingerprint density at radius 1 is 0.800 bits per heavy atom. The number of hydrogen-bond acceptors (Lipinski definition) is 6. The van der Waals surface area contributed by atoms with Gasteiger partial charge in [0.25, 0.3) is 5.91 Å². The van der Waals surface area contributed by atoms with Crippen molar-refractivity contribution in [1.82, 2.24) is 20.7 Å². The van der Waals surface area contributed by atoms with Crippen LogP contribution in [0, 0.1) is 5.92 Å². The van der Waals surface area contributed by atoms with Crippen LogP contribution in [0.15, 0.2) is 72.8 Å². The third-order valence-corrected chi connectivity index (χ3v) is 6.57. The quantitative estimate of drug-likeness (QED) is 0.196. The fraction of sp³-hybridized carbons (Fsp3) is 0.310. The van der Waals surface area contributed by atoms with Gasteiger partial charge in [0.15, 0.2) is 0 Å². The molecular weight excluding hydrogens is 536 g/mol. The number of hydrogen-bond donors (Lipinski definition) is 4. The molecule has 4 N–H and O–H groups in total. The first kappa shape index (κ1) is 30.2. The Morgan fingerprint density at radius 3 is 1.75 bits per heavy atom. The maximum Gasteiger partial charge on any atom is 0.328 e. The van der Waals surface area contributed by atoms with Gasteiger partial charge in [0.05, 0.1) is 7.11 Å². The van der Waals surface area contributed by atoms with Crippen LogP contribution >= 0.6 is 11.6 Å². The molecule has 1 aromatic heterocycles. The Bertz CT molecular complexity index is 1310. The fourth-order valence-corrected chi connectivity index (χ4v) is 4.23. The molecule has 3 atom stereocenters. The molecule has 10 nitrogen and oxygen atoms in total. The number of halogens is 1. The van der Waals surface area contributed by atoms with Gasteiger partial charge in [-0.05, 0) is 29.2 Å². The lowest BCUT2D eigenvalue weighted by Gasteiger charge is -2.26. The Kier molecular flexibility index (Phi) is 10.7. The second-order valence-corrected chi connectivity index (χ2v) is 9.96. The zero-order valence-electron chi connectivity index (χ0n) is 22.5. The van der Waals surface area contributed by atoms with Gasteiger partial charge in [-0.1, -0.05) is 86.1 Å². The first-order valence-corrected chi connectivity index (χ1v) is 13.1. The summed E-state index contributed by atoms with van der Waals surface area (Å²) in [4.78, 5) is 52.3. The van der Waals surface area contributed by atoms with E-state index in [9.17, 15) is 24.4 Å². The molecule has 3 amide bonds. The summed E-state index contributed by atoms with van der Waals surface area (Å²) in [7, 11) is 1.24. The van der Waals surface area contributed by atoms with E-state index in [0.717, 1.165) is 11.1 Å². The molecule has 0 saturated carbocycles. The number of carbonyl (C=O) groups is 4. The highest BCUT2D eigenvalue weighted by Gasteiger charge is 2.32. The van der Waals surface area contributed by atoms with Crippen LogP contribution < -0.4 is 16.0 Å². The standard InChI is InChI=1S/C29H33ClN4O6/c1-18(2)25(29(38)40-3)33-27(36)22(17-20-12-8-5-9-13-20)31-26(35)21(16-19-10-6-4-7-11-19)32-28(37)23-14-15-24(30)34(23)39/h4-15,18,21-22,25,39H,16-17H2,1-3H3,(H,31,35)(H,32,37)(H,33,36)/t21-,22-,25-/m0/s1. The summed E-state index contributed by atoms with van der Waals surface area (Å²) in [5, 5.41) is 18.1. The monoisotopic (exact) mass is 568 g/mol. The molecular formula is C29H33ClN4O6. The SMILES string of the molecule is COC(=O)[C@@H](NC(=O)[C@H](Cc1ccccc1)NC(=O)[C@H](Cc1ccccc1)NC(=O)c1ccc(Cl)n1O)C(C)C. The van der Waals surface area contributed by atoms with Crippen LogP contribution in [-0.4, -0.2) is 58.9 Å². The predicted molar refractivity (Wildman–Crippen MR) is 149 cm³/mol. The van der Waals surface area contributed by atoms with Crippen molar-refractivity contribution in [2.45, 2.75) is 44.8 Å². The Hall–Kier alpha value is -4.31. The van der Waals surface area contributed by atoms with Gasteiger partial charge in [-0.25, -0.2) is 4.79 Å². The summed E-state index contributed by atoms with van der Waals surface area (Å²) < 4.78 is 5.35. The van der Waals surface area contributed by atoms with Gasteiger partial charge in [-0.2, -0.15) is 4.73 Å². The Morgan fingerprint density at radius 2 is 1.30 bits per heavy atom. The van der Waals surface area contributed by atoms with Crippen molar-refractivity contribution in [3.63, 3.8) is 0 Å². The average Bonchev–Trinajstić information content (AvgIpc) is 3.29. The van der Waals surface area contributed by atoms with Gasteiger partial charge in [0.2, 0.25) is 11.8 Å². The summed E-state index contributed by atoms with van der Waals surface area (Å²) in [6, 6.07) is 17.7. The molecule has 1 heterocycles. The van der Waals surface area contributed by atoms with Crippen molar-refractivity contribution in [3.8, 4) is 0 Å². The Balaban J connectivity index is 1.88. The second-order valence-electron chi connectivity index (χ2n) is 9.57. The van der Waals surface area contributed by atoms with E-state index in [1.807, 2.05) is 36.4 Å². The number of rotatable bonds is 12. The molecule has 0 saturated heterocycles. The van der Waals surface area contributed by atoms with Crippen molar-refractivity contribution in [1.29, 1.82) is 0 Å². The van der Waals surface area contributed by atoms with Crippen LogP contribution in [0.1, 0.15) is 35.5 Å². The first-order valence-electron chi connectivity index (χ1n) is 12.7. The molecule has 2 aromatic carbocycles. The Labute approximate surface area is 237 Å². The smallest absolute Gasteiger partial charge is 0.328 e. The molecule has 0 radical (unpaired) electrons. The van der Waals surface area contributed by atoms with E-state index < -0.39 is 41.8 Å². The largest absolute Gasteiger partial charge is 0.467 e. The third-order valence-electron chi connectivity index (χ3n) is 6.28. The first-order chi connectivity index (χ1) is 19.1. The highest BCUT2D eigenvalue weighted by atomic mass is 35.5. The van der Waals surface area contributed by atoms with E-state index in [0.29, 0.717) is 4.73 Å². The maximum atomic E-state index is 13.6. The molecule has 0 unspecified atom stereocenters. The van der Waals surface area contributed by atoms with E-state index in [1.165, 1.54) is 19.2 Å². The maximum absolute atomic E-state index is 13.6. The number of nitrogens with zero attached hydrogens (tertiary/aromatic N) is 1. The number of methoxy groups -OCH3 is 1. The topological polar surface area (TPSA) is 139 Å². The molecule has 0 aliphatic carbocycles. The average molecular weight is 569 g/mol. The highest BCUT2D eigenvalue weighted by Crippen LogP contribution is 2.14. The van der Waals surface area contributed by atoms with E-state index in [1.54, 1.807) is 38.1 Å². The summed E-state index contributed by atoms with van der Waals surface area (Å²) in [5.41, 5.74) is 1.38. The van der Waals surface area contributed by atoms with Crippen molar-refractivity contribution in [2.24, 2.45) is 5.92 Å². The minimum atomic E-state index is -1.11. The molecule has 3 aromatic rings. The number of nitrogens with one attached hydrogen (secondary N) is 3. The highest BCUT2D eigenvalue weighted by molar-refractivity contribution is 6.30. The lowest BCUT2D eigenvalue weighted by molar-refractivity contribution is -0.146. The molecule has 11 heteroatoms. The number of benzene rings is 2. The number of aromatic nitrogens is 1. The molecule has 40 heavy (non-hydrogen) atoms. The number of esters is 1. The van der Waals surface area contributed by atoms with Crippen LogP contribution in [0.5, 0.6) is 0 Å². The zero-order chi connectivity index (χ0) is 29.2. The number of amides is 3. The van der Waals surface area contributed by atoms with E-state index in [2.05, 4.69) is 16.0 Å². The lowest BCUT2D eigenvalue weighted by Crippen LogP contribution is -2.57. The zero-order valence-corrected chi connectivity index (χ0v) is 23.2. The summed E-state index contributed by atoms with van der Waals surface area (Å²) in [6.45, 7) is 3.53. The van der Waals surface area contributed by atoms with Gasteiger partial charge in [-0.15, -0.1) is 0 Å². The van der Waals surface area contributed by atoms with Gasteiger partial charge in [0.1, 0.15) is 29.0 Å². The summed E-state index contributed by atoms with van der Waals surface area (Å²) in [5.74, 6) is -2.82. The van der Waals surface area contributed by atoms with Crippen LogP contribution in [0.25, 0.3) is 0 Å². The van der Waals surface area contributed by atoms with Crippen molar-refractivity contribution in [3.05, 3.63) is 94.8 Å². The second kappa shape index (κ2) is 14.2. The number of carbonyl (C=O) groups excluding carboxylic acids is 4. The summed E-state index contributed by atoms with van der Waals surface area (Å²) in [6.07, 6.45) is 0.236. The minimum Gasteiger partial charge on any atom is -0.467 e. The molecule has 0 fully saturated rings. The molecule has 0 aliphatic heterocycles. The third kappa shape index (κ3) is 8.09. The molecule has 0 bridgehead atoms. The van der Waals surface area contributed by atoms with Crippen LogP contribution in [0.2, 0.25) is 5.15 Å². The van der Waals surface area contributed by atoms with Gasteiger partial charge < -0.3 is 25.9 Å². The lowest BCUT2D eigenvalue weighted by atomic mass is 10.0. The van der Waals surface area contributed by atoms with E-state index in [4.69, 9.17) is 16.3 Å². The molecule has 212 valence electrons. The molecule has 3 rings (SSSR count). The molecule has 0 spiro atoms. The minimum absolute atomic E-state index is 0.0703. The predicted octanol–water partition coefficient (Wildman–Crippen LogP) is 2.76. The van der Waals surface area contributed by atoms with Gasteiger partial charge in [-0.3, -0.25) is 14.4 Å². The van der Waals surface area contributed by atoms with E-state index >= 15 is 0 Å². The van der Waals surface area contributed by atoms with Gasteiger partial charge >= 0.3 is 5.97 Å². The molecule has 0 aliphatic rings. The van der Waals surface area contributed by atoms with Crippen LogP contribution in [-0.2, 0) is 32.0 Å². The van der Waals surface area contributed by atoms with Gasteiger partial charge in [0, 0.05) is 12.8 Å². The van der Waals surface area contributed by atoms with Crippen LogP contribution in [0.4, 0.5) is 0 Å². The number of ether oxygens (including phenoxy) is 1. The van der Waals surface area contributed by atoms with Crippen molar-refractivity contribution < 1.29 is 29.1 Å². The van der Waals surface area contributed by atoms with Crippen molar-refractivity contribution in [2.75, 3.05) is 7.11 Å². The normalized spacial score (nSPS) is 13.1. The van der Waals surface area contributed by atoms with Crippen LogP contribution in [0.3, 0.4) is 0 Å². The van der Waals surface area contributed by atoms with Crippen molar-refractivity contribution >= 4 is 35.3 Å². The summed E-state index contributed by atoms with van der Waals surface area (Å²) >= 11 is 5.86. The van der Waals surface area contributed by atoms with E-state index in [-0.39, 0.29) is 29.6 Å².